The number of benzene rings is 2. The second kappa shape index (κ2) is 6.84. The lowest BCUT2D eigenvalue weighted by Gasteiger charge is -2.21. The number of nitrogens with zero attached hydrogens (tertiary/aromatic N) is 2. The Morgan fingerprint density at radius 3 is 2.54 bits per heavy atom. The van der Waals surface area contributed by atoms with Crippen LogP contribution in [0, 0.1) is 10.1 Å². The molecular weight excluding hydrogens is 304 g/mol. The quantitative estimate of drug-likeness (QED) is 0.534. The molecule has 3 rings (SSSR count). The van der Waals surface area contributed by atoms with Gasteiger partial charge in [-0.25, -0.2) is 0 Å². The fourth-order valence-corrected chi connectivity index (χ4v) is 3.23. The Morgan fingerprint density at radius 1 is 1.17 bits per heavy atom. The molecule has 0 amide bonds. The SMILES string of the molecule is CCC(CCO)n1c(-c2ccccc2)cc2cc([N+](=O)[O-])ccc21. The van der Waals surface area contributed by atoms with E-state index >= 15 is 0 Å². The standard InChI is InChI=1S/C19H20N2O3/c1-2-16(10-11-22)20-18-9-8-17(21(23)24)12-15(18)13-19(20)14-6-4-3-5-7-14/h3-9,12-13,16,22H,2,10-11H2,1H3. The normalized spacial score (nSPS) is 12.4. The summed E-state index contributed by atoms with van der Waals surface area (Å²) in [5, 5.41) is 21.3. The Kier molecular flexibility index (Phi) is 4.62. The summed E-state index contributed by atoms with van der Waals surface area (Å²) in [6.07, 6.45) is 1.53. The molecule has 0 saturated heterocycles. The van der Waals surface area contributed by atoms with Gasteiger partial charge in [0.25, 0.3) is 5.69 Å². The van der Waals surface area contributed by atoms with Gasteiger partial charge in [0, 0.05) is 41.4 Å². The molecule has 5 heteroatoms. The van der Waals surface area contributed by atoms with Gasteiger partial charge in [-0.1, -0.05) is 37.3 Å². The van der Waals surface area contributed by atoms with E-state index < -0.39 is 0 Å². The number of rotatable bonds is 6. The zero-order chi connectivity index (χ0) is 17.1. The highest BCUT2D eigenvalue weighted by Crippen LogP contribution is 2.35. The third-order valence-electron chi connectivity index (χ3n) is 4.40. The smallest absolute Gasteiger partial charge is 0.270 e. The van der Waals surface area contributed by atoms with Crippen LogP contribution in [0.25, 0.3) is 22.2 Å². The van der Waals surface area contributed by atoms with Crippen molar-refractivity contribution in [3.05, 3.63) is 64.7 Å². The molecule has 0 aliphatic carbocycles. The molecule has 1 aromatic heterocycles. The highest BCUT2D eigenvalue weighted by atomic mass is 16.6. The molecule has 0 radical (unpaired) electrons. The first-order chi connectivity index (χ1) is 11.7. The molecule has 0 aliphatic heterocycles. The highest BCUT2D eigenvalue weighted by Gasteiger charge is 2.19. The molecule has 1 atom stereocenters. The number of non-ortho nitro benzene ring substituents is 1. The highest BCUT2D eigenvalue weighted by molar-refractivity contribution is 5.89. The van der Waals surface area contributed by atoms with E-state index in [9.17, 15) is 15.2 Å². The van der Waals surface area contributed by atoms with Crippen molar-refractivity contribution in [3.8, 4) is 11.3 Å². The van der Waals surface area contributed by atoms with E-state index in [4.69, 9.17) is 0 Å². The number of aliphatic hydroxyl groups is 1. The third kappa shape index (κ3) is 2.90. The van der Waals surface area contributed by atoms with Crippen LogP contribution in [0.15, 0.2) is 54.6 Å². The summed E-state index contributed by atoms with van der Waals surface area (Å²) in [4.78, 5) is 10.7. The summed E-state index contributed by atoms with van der Waals surface area (Å²) in [7, 11) is 0. The van der Waals surface area contributed by atoms with Crippen molar-refractivity contribution in [2.45, 2.75) is 25.8 Å². The Bertz CT molecular complexity index is 856. The van der Waals surface area contributed by atoms with E-state index in [1.165, 1.54) is 0 Å². The summed E-state index contributed by atoms with van der Waals surface area (Å²) < 4.78 is 2.20. The van der Waals surface area contributed by atoms with Crippen molar-refractivity contribution < 1.29 is 10.0 Å². The van der Waals surface area contributed by atoms with Gasteiger partial charge in [-0.05, 0) is 30.5 Å². The van der Waals surface area contributed by atoms with Crippen LogP contribution in [0.2, 0.25) is 0 Å². The lowest BCUT2D eigenvalue weighted by atomic mass is 10.1. The number of hydrogen-bond acceptors (Lipinski definition) is 3. The summed E-state index contributed by atoms with van der Waals surface area (Å²) in [5.41, 5.74) is 3.13. The molecule has 1 unspecified atom stereocenters. The molecule has 0 spiro atoms. The van der Waals surface area contributed by atoms with E-state index in [0.29, 0.717) is 6.42 Å². The van der Waals surface area contributed by atoms with E-state index in [1.54, 1.807) is 18.2 Å². The lowest BCUT2D eigenvalue weighted by molar-refractivity contribution is -0.384. The fraction of sp³-hybridized carbons (Fsp3) is 0.263. The maximum absolute atomic E-state index is 11.1. The number of aromatic nitrogens is 1. The molecule has 3 aromatic rings. The van der Waals surface area contributed by atoms with Crippen molar-refractivity contribution in [2.24, 2.45) is 0 Å². The van der Waals surface area contributed by atoms with Gasteiger partial charge in [-0.2, -0.15) is 0 Å². The fourth-order valence-electron chi connectivity index (χ4n) is 3.23. The van der Waals surface area contributed by atoms with E-state index in [2.05, 4.69) is 11.5 Å². The Labute approximate surface area is 140 Å². The minimum Gasteiger partial charge on any atom is -0.396 e. The molecule has 2 aromatic carbocycles. The molecule has 24 heavy (non-hydrogen) atoms. The van der Waals surface area contributed by atoms with Crippen LogP contribution >= 0.6 is 0 Å². The first kappa shape index (κ1) is 16.2. The van der Waals surface area contributed by atoms with Crippen LogP contribution in [-0.2, 0) is 0 Å². The molecule has 0 fully saturated rings. The molecule has 1 N–H and O–H groups in total. The maximum Gasteiger partial charge on any atom is 0.270 e. The predicted molar refractivity (Wildman–Crippen MR) is 95.1 cm³/mol. The monoisotopic (exact) mass is 324 g/mol. The third-order valence-corrected chi connectivity index (χ3v) is 4.40. The van der Waals surface area contributed by atoms with E-state index in [0.717, 1.165) is 28.6 Å². The molecule has 0 bridgehead atoms. The molecular formula is C19H20N2O3. The van der Waals surface area contributed by atoms with Crippen LogP contribution in [0.4, 0.5) is 5.69 Å². The van der Waals surface area contributed by atoms with Gasteiger partial charge in [-0.3, -0.25) is 10.1 Å². The number of hydrogen-bond donors (Lipinski definition) is 1. The van der Waals surface area contributed by atoms with Gasteiger partial charge in [0.2, 0.25) is 0 Å². The van der Waals surface area contributed by atoms with Crippen LogP contribution in [-0.4, -0.2) is 21.2 Å². The number of fused-ring (bicyclic) bond motifs is 1. The zero-order valence-electron chi connectivity index (χ0n) is 13.6. The minimum atomic E-state index is -0.371. The Hall–Kier alpha value is -2.66. The van der Waals surface area contributed by atoms with E-state index in [1.807, 2.05) is 36.4 Å². The Morgan fingerprint density at radius 2 is 1.92 bits per heavy atom. The average Bonchev–Trinajstić information content (AvgIpc) is 2.99. The molecule has 1 heterocycles. The number of nitro benzene ring substituents is 1. The van der Waals surface area contributed by atoms with Crippen molar-refractivity contribution in [2.75, 3.05) is 6.61 Å². The molecule has 5 nitrogen and oxygen atoms in total. The zero-order valence-corrected chi connectivity index (χ0v) is 13.6. The predicted octanol–water partition coefficient (Wildman–Crippen LogP) is 4.55. The van der Waals surface area contributed by atoms with Crippen LogP contribution < -0.4 is 0 Å². The van der Waals surface area contributed by atoms with Gasteiger partial charge in [0.15, 0.2) is 0 Å². The summed E-state index contributed by atoms with van der Waals surface area (Å²) in [6, 6.07) is 17.1. The molecule has 124 valence electrons. The van der Waals surface area contributed by atoms with Crippen molar-refractivity contribution in [3.63, 3.8) is 0 Å². The summed E-state index contributed by atoms with van der Waals surface area (Å²) in [5.74, 6) is 0. The minimum absolute atomic E-state index is 0.0921. The topological polar surface area (TPSA) is 68.3 Å². The second-order valence-electron chi connectivity index (χ2n) is 5.84. The largest absolute Gasteiger partial charge is 0.396 e. The summed E-state index contributed by atoms with van der Waals surface area (Å²) in [6.45, 7) is 2.20. The van der Waals surface area contributed by atoms with Gasteiger partial charge in [0.05, 0.1) is 4.92 Å². The number of nitro groups is 1. The lowest BCUT2D eigenvalue weighted by Crippen LogP contribution is -2.11. The van der Waals surface area contributed by atoms with Crippen molar-refractivity contribution >= 4 is 16.6 Å². The molecule has 0 saturated carbocycles. The van der Waals surface area contributed by atoms with Crippen LogP contribution in [0.1, 0.15) is 25.8 Å². The van der Waals surface area contributed by atoms with Crippen molar-refractivity contribution in [1.29, 1.82) is 0 Å². The van der Waals surface area contributed by atoms with Crippen molar-refractivity contribution in [1.82, 2.24) is 4.57 Å². The van der Waals surface area contributed by atoms with Gasteiger partial charge in [0.1, 0.15) is 0 Å². The van der Waals surface area contributed by atoms with Gasteiger partial charge in [-0.15, -0.1) is 0 Å². The first-order valence-electron chi connectivity index (χ1n) is 8.11. The first-order valence-corrected chi connectivity index (χ1v) is 8.11. The summed E-state index contributed by atoms with van der Waals surface area (Å²) >= 11 is 0. The second-order valence-corrected chi connectivity index (χ2v) is 5.84. The van der Waals surface area contributed by atoms with E-state index in [-0.39, 0.29) is 23.3 Å². The maximum atomic E-state index is 11.1. The van der Waals surface area contributed by atoms with Gasteiger partial charge >= 0.3 is 0 Å². The number of aliphatic hydroxyl groups excluding tert-OH is 1. The molecule has 0 aliphatic rings. The van der Waals surface area contributed by atoms with Gasteiger partial charge < -0.3 is 9.67 Å². The average molecular weight is 324 g/mol. The van der Waals surface area contributed by atoms with Crippen LogP contribution in [0.3, 0.4) is 0 Å². The van der Waals surface area contributed by atoms with Crippen LogP contribution in [0.5, 0.6) is 0 Å². The Balaban J connectivity index is 2.26.